The van der Waals surface area contributed by atoms with Crippen LogP contribution in [-0.2, 0) is 14.2 Å². The number of methoxy groups -OCH3 is 1. The predicted octanol–water partition coefficient (Wildman–Crippen LogP) is 4.27. The molecule has 0 spiro atoms. The van der Waals surface area contributed by atoms with E-state index in [1.807, 2.05) is 32.9 Å². The first kappa shape index (κ1) is 25.2. The zero-order valence-corrected chi connectivity index (χ0v) is 20.1. The molecule has 0 saturated carbocycles. The van der Waals surface area contributed by atoms with E-state index in [-0.39, 0.29) is 0 Å². The van der Waals surface area contributed by atoms with Crippen molar-refractivity contribution in [2.24, 2.45) is 0 Å². The molecule has 0 aliphatic heterocycles. The van der Waals surface area contributed by atoms with Gasteiger partial charge >= 0.3 is 12.1 Å². The van der Waals surface area contributed by atoms with E-state index in [0.717, 1.165) is 29.0 Å². The van der Waals surface area contributed by atoms with Crippen molar-refractivity contribution in [1.29, 1.82) is 0 Å². The number of rotatable bonds is 10. The number of pyridine rings is 2. The fourth-order valence-electron chi connectivity index (χ4n) is 3.31. The standard InChI is InChI=1S/C25H31N3O6/c1-25(2,3)34-24(30)27-10-5-6-12-32-13-14-33-22-19-9-11-26-16-20(19)18-8-7-17(23(29)31-4)15-21(18)28-22/h7-9,11,15-16H,5-6,10,12-14H2,1-4H3,(H,27,30). The molecule has 0 saturated heterocycles. The fourth-order valence-corrected chi connectivity index (χ4v) is 3.31. The number of benzene rings is 1. The van der Waals surface area contributed by atoms with Gasteiger partial charge in [-0.1, -0.05) is 6.07 Å². The number of hydrogen-bond donors (Lipinski definition) is 1. The monoisotopic (exact) mass is 469 g/mol. The van der Waals surface area contributed by atoms with Crippen molar-refractivity contribution in [2.75, 3.05) is 33.5 Å². The van der Waals surface area contributed by atoms with Crippen LogP contribution < -0.4 is 10.1 Å². The number of fused-ring (bicyclic) bond motifs is 3. The Balaban J connectivity index is 1.49. The van der Waals surface area contributed by atoms with Crippen LogP contribution >= 0.6 is 0 Å². The molecule has 3 aromatic rings. The summed E-state index contributed by atoms with van der Waals surface area (Å²) in [5.41, 5.74) is 0.538. The Labute approximate surface area is 198 Å². The van der Waals surface area contributed by atoms with E-state index in [4.69, 9.17) is 18.9 Å². The normalized spacial score (nSPS) is 11.4. The number of unbranched alkanes of at least 4 members (excludes halogenated alkanes) is 1. The van der Waals surface area contributed by atoms with E-state index in [9.17, 15) is 9.59 Å². The van der Waals surface area contributed by atoms with E-state index in [2.05, 4.69) is 15.3 Å². The largest absolute Gasteiger partial charge is 0.475 e. The zero-order valence-electron chi connectivity index (χ0n) is 20.1. The van der Waals surface area contributed by atoms with E-state index < -0.39 is 17.7 Å². The van der Waals surface area contributed by atoms with Crippen molar-refractivity contribution in [3.63, 3.8) is 0 Å². The molecule has 3 rings (SSSR count). The summed E-state index contributed by atoms with van der Waals surface area (Å²) >= 11 is 0. The van der Waals surface area contributed by atoms with E-state index >= 15 is 0 Å². The number of esters is 1. The van der Waals surface area contributed by atoms with Gasteiger partial charge in [0, 0.05) is 41.7 Å². The van der Waals surface area contributed by atoms with Crippen molar-refractivity contribution in [3.8, 4) is 5.88 Å². The van der Waals surface area contributed by atoms with E-state index in [1.54, 1.807) is 24.5 Å². The summed E-state index contributed by atoms with van der Waals surface area (Å²) in [6, 6.07) is 7.08. The highest BCUT2D eigenvalue weighted by molar-refractivity contribution is 6.08. The number of nitrogens with zero attached hydrogens (tertiary/aromatic N) is 2. The average molecular weight is 470 g/mol. The number of carbonyl (C=O) groups is 2. The number of carbonyl (C=O) groups excluding carboxylic acids is 2. The average Bonchev–Trinajstić information content (AvgIpc) is 2.80. The number of amides is 1. The minimum absolute atomic E-state index is 0.322. The molecule has 1 aromatic carbocycles. The Morgan fingerprint density at radius 3 is 2.59 bits per heavy atom. The topological polar surface area (TPSA) is 109 Å². The lowest BCUT2D eigenvalue weighted by molar-refractivity contribution is 0.0522. The molecule has 0 aliphatic carbocycles. The summed E-state index contributed by atoms with van der Waals surface area (Å²) in [6.07, 6.45) is 4.62. The summed E-state index contributed by atoms with van der Waals surface area (Å²) in [7, 11) is 1.34. The van der Waals surface area contributed by atoms with Crippen molar-refractivity contribution >= 4 is 33.7 Å². The second-order valence-electron chi connectivity index (χ2n) is 8.66. The lowest BCUT2D eigenvalue weighted by atomic mass is 10.1. The molecule has 2 heterocycles. The summed E-state index contributed by atoms with van der Waals surface area (Å²) in [5.74, 6) is 0.0317. The maximum absolute atomic E-state index is 11.9. The first-order chi connectivity index (χ1) is 16.3. The molecule has 34 heavy (non-hydrogen) atoms. The molecule has 0 atom stereocenters. The van der Waals surface area contributed by atoms with Gasteiger partial charge in [0.05, 0.1) is 24.8 Å². The van der Waals surface area contributed by atoms with Gasteiger partial charge in [0.15, 0.2) is 0 Å². The summed E-state index contributed by atoms with van der Waals surface area (Å²) in [4.78, 5) is 32.3. The van der Waals surface area contributed by atoms with Crippen molar-refractivity contribution < 1.29 is 28.5 Å². The van der Waals surface area contributed by atoms with Crippen molar-refractivity contribution in [2.45, 2.75) is 39.2 Å². The second-order valence-corrected chi connectivity index (χ2v) is 8.66. The van der Waals surface area contributed by atoms with Gasteiger partial charge in [-0.05, 0) is 51.8 Å². The molecule has 1 amide bonds. The summed E-state index contributed by atoms with van der Waals surface area (Å²) < 4.78 is 21.5. The van der Waals surface area contributed by atoms with Gasteiger partial charge in [0.2, 0.25) is 5.88 Å². The van der Waals surface area contributed by atoms with Crippen LogP contribution in [0.5, 0.6) is 5.88 Å². The van der Waals surface area contributed by atoms with Crippen LogP contribution in [0.3, 0.4) is 0 Å². The third-order valence-electron chi connectivity index (χ3n) is 4.83. The smallest absolute Gasteiger partial charge is 0.407 e. The Hall–Kier alpha value is -3.46. The number of hydrogen-bond acceptors (Lipinski definition) is 8. The SMILES string of the molecule is COC(=O)c1ccc2c(c1)nc(OCCOCCCCNC(=O)OC(C)(C)C)c1ccncc12. The third kappa shape index (κ3) is 7.02. The molecule has 1 N–H and O–H groups in total. The van der Waals surface area contributed by atoms with Crippen molar-refractivity contribution in [3.05, 3.63) is 42.2 Å². The van der Waals surface area contributed by atoms with Crippen LogP contribution in [0, 0.1) is 0 Å². The highest BCUT2D eigenvalue weighted by Gasteiger charge is 2.15. The van der Waals surface area contributed by atoms with Crippen molar-refractivity contribution in [1.82, 2.24) is 15.3 Å². The molecule has 2 aromatic heterocycles. The minimum Gasteiger partial charge on any atom is -0.475 e. The van der Waals surface area contributed by atoms with Gasteiger partial charge in [-0.15, -0.1) is 0 Å². The lowest BCUT2D eigenvalue weighted by Gasteiger charge is -2.19. The lowest BCUT2D eigenvalue weighted by Crippen LogP contribution is -2.33. The number of aromatic nitrogens is 2. The van der Waals surface area contributed by atoms with Gasteiger partial charge in [-0.3, -0.25) is 4.98 Å². The number of alkyl carbamates (subject to hydrolysis) is 1. The highest BCUT2D eigenvalue weighted by atomic mass is 16.6. The van der Waals surface area contributed by atoms with Crippen LogP contribution in [0.15, 0.2) is 36.7 Å². The second kappa shape index (κ2) is 11.6. The molecular weight excluding hydrogens is 438 g/mol. The fraction of sp³-hybridized carbons (Fsp3) is 0.440. The van der Waals surface area contributed by atoms with Crippen LogP contribution in [0.1, 0.15) is 44.0 Å². The summed E-state index contributed by atoms with van der Waals surface area (Å²) in [6.45, 7) is 7.29. The molecule has 0 radical (unpaired) electrons. The van der Waals surface area contributed by atoms with Gasteiger partial charge in [0.1, 0.15) is 12.2 Å². The molecule has 9 heteroatoms. The zero-order chi connectivity index (χ0) is 24.6. The van der Waals surface area contributed by atoms with E-state index in [1.165, 1.54) is 7.11 Å². The van der Waals surface area contributed by atoms with Gasteiger partial charge in [-0.2, -0.15) is 0 Å². The maximum Gasteiger partial charge on any atom is 0.407 e. The highest BCUT2D eigenvalue weighted by Crippen LogP contribution is 2.30. The van der Waals surface area contributed by atoms with Crippen LogP contribution in [-0.4, -0.2) is 61.1 Å². The van der Waals surface area contributed by atoms with Crippen LogP contribution in [0.4, 0.5) is 4.79 Å². The first-order valence-corrected chi connectivity index (χ1v) is 11.2. The number of ether oxygens (including phenoxy) is 4. The minimum atomic E-state index is -0.501. The van der Waals surface area contributed by atoms with Gasteiger partial charge in [-0.25, -0.2) is 14.6 Å². The Bertz CT molecular complexity index is 1140. The Morgan fingerprint density at radius 1 is 1.00 bits per heavy atom. The third-order valence-corrected chi connectivity index (χ3v) is 4.83. The molecule has 0 fully saturated rings. The van der Waals surface area contributed by atoms with Crippen LogP contribution in [0.25, 0.3) is 21.7 Å². The molecular formula is C25H31N3O6. The first-order valence-electron chi connectivity index (χ1n) is 11.2. The molecule has 182 valence electrons. The Kier molecular flexibility index (Phi) is 8.59. The quantitative estimate of drug-likeness (QED) is 0.266. The van der Waals surface area contributed by atoms with E-state index in [0.29, 0.717) is 43.3 Å². The maximum atomic E-state index is 11.9. The Morgan fingerprint density at radius 2 is 1.82 bits per heavy atom. The molecule has 0 bridgehead atoms. The van der Waals surface area contributed by atoms with Gasteiger partial charge in [0.25, 0.3) is 0 Å². The van der Waals surface area contributed by atoms with Crippen LogP contribution in [0.2, 0.25) is 0 Å². The number of nitrogens with one attached hydrogen (secondary N) is 1. The molecule has 9 nitrogen and oxygen atoms in total. The predicted molar refractivity (Wildman–Crippen MR) is 128 cm³/mol. The summed E-state index contributed by atoms with van der Waals surface area (Å²) in [5, 5.41) is 5.32. The molecule has 0 unspecified atom stereocenters. The van der Waals surface area contributed by atoms with Gasteiger partial charge < -0.3 is 24.3 Å². The molecule has 0 aliphatic rings.